The zero-order valence-corrected chi connectivity index (χ0v) is 10.2. The van der Waals surface area contributed by atoms with Crippen molar-refractivity contribution >= 4 is 11.8 Å². The van der Waals surface area contributed by atoms with Crippen LogP contribution in [0.25, 0.3) is 0 Å². The zero-order chi connectivity index (χ0) is 13.0. The third-order valence-electron chi connectivity index (χ3n) is 3.31. The number of primary amides is 1. The van der Waals surface area contributed by atoms with E-state index in [9.17, 15) is 9.59 Å². The summed E-state index contributed by atoms with van der Waals surface area (Å²) >= 11 is 0. The van der Waals surface area contributed by atoms with Gasteiger partial charge >= 0.3 is 0 Å². The summed E-state index contributed by atoms with van der Waals surface area (Å²) in [6, 6.07) is 5.54. The Kier molecular flexibility index (Phi) is 3.92. The topological polar surface area (TPSA) is 76.3 Å². The second-order valence-electron chi connectivity index (χ2n) is 4.56. The number of likely N-dealkylation sites (tertiary alicyclic amines) is 1. The van der Waals surface area contributed by atoms with Gasteiger partial charge in [0.15, 0.2) is 0 Å². The molecule has 1 aliphatic rings. The van der Waals surface area contributed by atoms with Crippen LogP contribution in [0.15, 0.2) is 24.4 Å². The Morgan fingerprint density at radius 3 is 2.61 bits per heavy atom. The van der Waals surface area contributed by atoms with Crippen LogP contribution in [0.5, 0.6) is 0 Å². The molecule has 2 amide bonds. The predicted octanol–water partition coefficient (Wildman–Crippen LogP) is 0.348. The molecular formula is C13H17N3O2. The molecule has 0 aliphatic carbocycles. The van der Waals surface area contributed by atoms with Gasteiger partial charge in [-0.3, -0.25) is 14.6 Å². The maximum absolute atomic E-state index is 12.0. The number of piperidine rings is 1. The smallest absolute Gasteiger partial charge is 0.228 e. The van der Waals surface area contributed by atoms with E-state index < -0.39 is 0 Å². The molecule has 0 unspecified atom stereocenters. The van der Waals surface area contributed by atoms with Crippen molar-refractivity contribution < 1.29 is 9.59 Å². The van der Waals surface area contributed by atoms with E-state index in [0.717, 1.165) is 5.69 Å². The molecule has 18 heavy (non-hydrogen) atoms. The van der Waals surface area contributed by atoms with Crippen molar-refractivity contribution in [1.29, 1.82) is 0 Å². The van der Waals surface area contributed by atoms with Gasteiger partial charge < -0.3 is 10.6 Å². The number of hydrogen-bond acceptors (Lipinski definition) is 3. The Bertz CT molecular complexity index is 425. The third-order valence-corrected chi connectivity index (χ3v) is 3.31. The predicted molar refractivity (Wildman–Crippen MR) is 66.4 cm³/mol. The summed E-state index contributed by atoms with van der Waals surface area (Å²) in [6.07, 6.45) is 3.34. The lowest BCUT2D eigenvalue weighted by atomic mass is 9.96. The molecule has 0 bridgehead atoms. The Morgan fingerprint density at radius 1 is 1.33 bits per heavy atom. The van der Waals surface area contributed by atoms with Crippen molar-refractivity contribution in [2.75, 3.05) is 13.1 Å². The second kappa shape index (κ2) is 5.62. The van der Waals surface area contributed by atoms with Crippen LogP contribution in [0.4, 0.5) is 0 Å². The first-order valence-corrected chi connectivity index (χ1v) is 6.14. The lowest BCUT2D eigenvalue weighted by Gasteiger charge is -2.30. The van der Waals surface area contributed by atoms with Crippen LogP contribution >= 0.6 is 0 Å². The standard InChI is InChI=1S/C13H17N3O2/c14-13(18)10-4-7-16(8-5-10)12(17)9-11-3-1-2-6-15-11/h1-3,6,10H,4-5,7-9H2,(H2,14,18). The van der Waals surface area contributed by atoms with Gasteiger partial charge in [-0.25, -0.2) is 0 Å². The van der Waals surface area contributed by atoms with Crippen LogP contribution in [0.1, 0.15) is 18.5 Å². The summed E-state index contributed by atoms with van der Waals surface area (Å²) in [6.45, 7) is 1.22. The molecule has 1 saturated heterocycles. The molecule has 1 aromatic rings. The van der Waals surface area contributed by atoms with E-state index >= 15 is 0 Å². The molecule has 0 spiro atoms. The molecule has 2 heterocycles. The van der Waals surface area contributed by atoms with Gasteiger partial charge in [-0.1, -0.05) is 6.07 Å². The van der Waals surface area contributed by atoms with Gasteiger partial charge in [0.05, 0.1) is 6.42 Å². The highest BCUT2D eigenvalue weighted by molar-refractivity contribution is 5.80. The summed E-state index contributed by atoms with van der Waals surface area (Å²) in [4.78, 5) is 29.0. The Hall–Kier alpha value is -1.91. The van der Waals surface area contributed by atoms with E-state index in [2.05, 4.69) is 4.98 Å². The molecule has 0 saturated carbocycles. The second-order valence-corrected chi connectivity index (χ2v) is 4.56. The van der Waals surface area contributed by atoms with Crippen molar-refractivity contribution in [3.63, 3.8) is 0 Å². The van der Waals surface area contributed by atoms with Crippen LogP contribution in [0.3, 0.4) is 0 Å². The van der Waals surface area contributed by atoms with Crippen molar-refractivity contribution in [2.45, 2.75) is 19.3 Å². The summed E-state index contributed by atoms with van der Waals surface area (Å²) in [7, 11) is 0. The van der Waals surface area contributed by atoms with Crippen molar-refractivity contribution in [3.8, 4) is 0 Å². The SMILES string of the molecule is NC(=O)C1CCN(C(=O)Cc2ccccn2)CC1. The lowest BCUT2D eigenvalue weighted by molar-refractivity contribution is -0.134. The number of aromatic nitrogens is 1. The van der Waals surface area contributed by atoms with Crippen LogP contribution in [0, 0.1) is 5.92 Å². The van der Waals surface area contributed by atoms with E-state index in [1.165, 1.54) is 0 Å². The summed E-state index contributed by atoms with van der Waals surface area (Å²) < 4.78 is 0. The monoisotopic (exact) mass is 247 g/mol. The van der Waals surface area contributed by atoms with Crippen molar-refractivity contribution in [1.82, 2.24) is 9.88 Å². The number of hydrogen-bond donors (Lipinski definition) is 1. The number of nitrogens with two attached hydrogens (primary N) is 1. The maximum atomic E-state index is 12.0. The third kappa shape index (κ3) is 3.06. The minimum absolute atomic E-state index is 0.0663. The largest absolute Gasteiger partial charge is 0.369 e. The molecule has 2 N–H and O–H groups in total. The quantitative estimate of drug-likeness (QED) is 0.837. The van der Waals surface area contributed by atoms with Gasteiger partial charge in [-0.05, 0) is 25.0 Å². The van der Waals surface area contributed by atoms with Crippen LogP contribution in [0.2, 0.25) is 0 Å². The molecule has 1 fully saturated rings. The number of carbonyl (C=O) groups excluding carboxylic acids is 2. The average molecular weight is 247 g/mol. The Balaban J connectivity index is 1.86. The molecular weight excluding hydrogens is 230 g/mol. The maximum Gasteiger partial charge on any atom is 0.228 e. The van der Waals surface area contributed by atoms with Gasteiger partial charge in [-0.15, -0.1) is 0 Å². The van der Waals surface area contributed by atoms with Gasteiger partial charge in [0.1, 0.15) is 0 Å². The van der Waals surface area contributed by atoms with Gasteiger partial charge in [0, 0.05) is 30.9 Å². The molecule has 0 aromatic carbocycles. The number of rotatable bonds is 3. The van der Waals surface area contributed by atoms with Crippen LogP contribution in [-0.2, 0) is 16.0 Å². The van der Waals surface area contributed by atoms with Crippen LogP contribution in [-0.4, -0.2) is 34.8 Å². The van der Waals surface area contributed by atoms with Crippen molar-refractivity contribution in [3.05, 3.63) is 30.1 Å². The highest BCUT2D eigenvalue weighted by Crippen LogP contribution is 2.17. The number of carbonyl (C=O) groups is 2. The fourth-order valence-electron chi connectivity index (χ4n) is 2.18. The van der Waals surface area contributed by atoms with Gasteiger partial charge in [0.25, 0.3) is 0 Å². The first kappa shape index (κ1) is 12.5. The molecule has 5 nitrogen and oxygen atoms in total. The molecule has 5 heteroatoms. The fourth-order valence-corrected chi connectivity index (χ4v) is 2.18. The van der Waals surface area contributed by atoms with E-state index in [1.54, 1.807) is 11.1 Å². The van der Waals surface area contributed by atoms with E-state index in [4.69, 9.17) is 5.73 Å². The molecule has 1 aliphatic heterocycles. The van der Waals surface area contributed by atoms with Gasteiger partial charge in [0.2, 0.25) is 11.8 Å². The number of pyridine rings is 1. The Labute approximate surface area is 106 Å². The van der Waals surface area contributed by atoms with Gasteiger partial charge in [-0.2, -0.15) is 0 Å². The van der Waals surface area contributed by atoms with Crippen molar-refractivity contribution in [2.24, 2.45) is 11.7 Å². The Morgan fingerprint density at radius 2 is 2.06 bits per heavy atom. The minimum atomic E-state index is -0.258. The zero-order valence-electron chi connectivity index (χ0n) is 10.2. The normalized spacial score (nSPS) is 16.6. The molecule has 96 valence electrons. The first-order valence-electron chi connectivity index (χ1n) is 6.14. The average Bonchev–Trinajstić information content (AvgIpc) is 2.40. The molecule has 2 rings (SSSR count). The molecule has 0 atom stereocenters. The fraction of sp³-hybridized carbons (Fsp3) is 0.462. The van der Waals surface area contributed by atoms with E-state index in [0.29, 0.717) is 32.4 Å². The lowest BCUT2D eigenvalue weighted by Crippen LogP contribution is -2.42. The summed E-state index contributed by atoms with van der Waals surface area (Å²) in [5.74, 6) is -0.271. The minimum Gasteiger partial charge on any atom is -0.369 e. The highest BCUT2D eigenvalue weighted by Gasteiger charge is 2.25. The van der Waals surface area contributed by atoms with Crippen LogP contribution < -0.4 is 5.73 Å². The van der Waals surface area contributed by atoms with E-state index in [-0.39, 0.29) is 17.7 Å². The number of amides is 2. The van der Waals surface area contributed by atoms with E-state index in [1.807, 2.05) is 18.2 Å². The molecule has 0 radical (unpaired) electrons. The summed E-state index contributed by atoms with van der Waals surface area (Å²) in [5, 5.41) is 0. The highest BCUT2D eigenvalue weighted by atomic mass is 16.2. The number of nitrogens with zero attached hydrogens (tertiary/aromatic N) is 2. The first-order chi connectivity index (χ1) is 8.66. The molecule has 1 aromatic heterocycles. The summed E-state index contributed by atoms with van der Waals surface area (Å²) in [5.41, 5.74) is 6.04.